The summed E-state index contributed by atoms with van der Waals surface area (Å²) in [5, 5.41) is 34.5. The minimum absolute atomic E-state index is 0.0638. The number of rotatable bonds is 7. The minimum atomic E-state index is -1.18. The maximum Gasteiger partial charge on any atom is 0.203 e. The second-order valence-electron chi connectivity index (χ2n) is 7.64. The van der Waals surface area contributed by atoms with E-state index in [1.807, 2.05) is 0 Å². The number of oxime groups is 1. The van der Waals surface area contributed by atoms with Crippen LogP contribution in [0.25, 0.3) is 0 Å². The summed E-state index contributed by atoms with van der Waals surface area (Å²) in [7, 11) is 6.02. The lowest BCUT2D eigenvalue weighted by molar-refractivity contribution is 0.0107. The van der Waals surface area contributed by atoms with Crippen LogP contribution in [0.2, 0.25) is 0 Å². The van der Waals surface area contributed by atoms with Gasteiger partial charge in [-0.2, -0.15) is 0 Å². The number of phenolic OH excluding ortho intramolecular Hbond substituents is 3. The van der Waals surface area contributed by atoms with Crippen LogP contribution in [0.4, 0.5) is 0 Å². The van der Waals surface area contributed by atoms with E-state index in [4.69, 9.17) is 23.8 Å². The summed E-state index contributed by atoms with van der Waals surface area (Å²) >= 11 is 0. The molecule has 3 N–H and O–H groups in total. The predicted molar refractivity (Wildman–Crippen MR) is 124 cm³/mol. The van der Waals surface area contributed by atoms with Gasteiger partial charge in [-0.1, -0.05) is 11.2 Å². The van der Waals surface area contributed by atoms with Gasteiger partial charge in [-0.05, 0) is 42.5 Å². The molecule has 1 atom stereocenters. The van der Waals surface area contributed by atoms with Crippen LogP contribution in [-0.4, -0.2) is 49.5 Å². The number of aromatic hydroxyl groups is 3. The molecule has 9 heteroatoms. The van der Waals surface area contributed by atoms with Crippen LogP contribution in [-0.2, 0) is 10.4 Å². The zero-order valence-corrected chi connectivity index (χ0v) is 19.2. The molecular weight excluding hydrogens is 442 g/mol. The fourth-order valence-corrected chi connectivity index (χ4v) is 4.02. The highest BCUT2D eigenvalue weighted by Crippen LogP contribution is 2.49. The Morgan fingerprint density at radius 3 is 1.94 bits per heavy atom. The molecule has 0 spiro atoms. The van der Waals surface area contributed by atoms with Crippen molar-refractivity contribution >= 4 is 5.71 Å². The first-order chi connectivity index (χ1) is 16.4. The first-order valence-electron chi connectivity index (χ1n) is 10.3. The Bertz CT molecular complexity index is 1230. The van der Waals surface area contributed by atoms with Crippen LogP contribution >= 0.6 is 0 Å². The van der Waals surface area contributed by atoms with Gasteiger partial charge in [0.2, 0.25) is 5.75 Å². The SMILES string of the molecule is COc1ccc(C2(c3cc(OC)c(OC)c(OC)c3)CC(c3ccc(O)c(O)c3)=NO2)cc1O. The summed E-state index contributed by atoms with van der Waals surface area (Å²) in [6.07, 6.45) is 0.238. The summed E-state index contributed by atoms with van der Waals surface area (Å²) in [6.45, 7) is 0. The van der Waals surface area contributed by atoms with E-state index in [0.717, 1.165) is 0 Å². The molecule has 1 heterocycles. The van der Waals surface area contributed by atoms with Crippen molar-refractivity contribution in [2.24, 2.45) is 5.16 Å². The number of nitrogens with zero attached hydrogens (tertiary/aromatic N) is 1. The highest BCUT2D eigenvalue weighted by molar-refractivity contribution is 6.02. The predicted octanol–water partition coefficient (Wildman–Crippen LogP) is 3.91. The van der Waals surface area contributed by atoms with Crippen molar-refractivity contribution in [3.05, 3.63) is 65.2 Å². The number of ether oxygens (including phenoxy) is 4. The third-order valence-corrected chi connectivity index (χ3v) is 5.81. The number of hydrogen-bond acceptors (Lipinski definition) is 9. The van der Waals surface area contributed by atoms with E-state index in [2.05, 4.69) is 5.16 Å². The summed E-state index contributed by atoms with van der Waals surface area (Å²) in [5.74, 6) is 1.01. The van der Waals surface area contributed by atoms with Crippen molar-refractivity contribution in [1.82, 2.24) is 0 Å². The first kappa shape index (κ1) is 22.9. The summed E-state index contributed by atoms with van der Waals surface area (Å²) in [5.41, 5.74) is 1.15. The van der Waals surface area contributed by atoms with Crippen molar-refractivity contribution in [3.63, 3.8) is 0 Å². The lowest BCUT2D eigenvalue weighted by Crippen LogP contribution is -2.28. The van der Waals surface area contributed by atoms with Gasteiger partial charge in [-0.15, -0.1) is 0 Å². The molecule has 0 radical (unpaired) electrons. The summed E-state index contributed by atoms with van der Waals surface area (Å²) < 4.78 is 21.7. The topological polar surface area (TPSA) is 119 Å². The van der Waals surface area contributed by atoms with Gasteiger partial charge in [0.1, 0.15) is 0 Å². The molecule has 0 fully saturated rings. The van der Waals surface area contributed by atoms with E-state index in [1.54, 1.807) is 36.4 Å². The lowest BCUT2D eigenvalue weighted by Gasteiger charge is -2.29. The van der Waals surface area contributed by atoms with Gasteiger partial charge in [0, 0.05) is 23.1 Å². The van der Waals surface area contributed by atoms with Gasteiger partial charge in [0.15, 0.2) is 40.1 Å². The first-order valence-corrected chi connectivity index (χ1v) is 10.3. The molecule has 0 saturated carbocycles. The molecule has 0 saturated heterocycles. The van der Waals surface area contributed by atoms with Crippen LogP contribution < -0.4 is 18.9 Å². The number of hydrogen-bond donors (Lipinski definition) is 3. The molecule has 0 amide bonds. The number of benzene rings is 3. The minimum Gasteiger partial charge on any atom is -0.504 e. The van der Waals surface area contributed by atoms with E-state index < -0.39 is 5.60 Å². The van der Waals surface area contributed by atoms with Gasteiger partial charge >= 0.3 is 0 Å². The zero-order valence-electron chi connectivity index (χ0n) is 19.2. The normalized spacial score (nSPS) is 17.0. The molecule has 0 bridgehead atoms. The molecule has 1 unspecified atom stereocenters. The van der Waals surface area contributed by atoms with Crippen molar-refractivity contribution in [2.45, 2.75) is 12.0 Å². The molecule has 1 aliphatic heterocycles. The van der Waals surface area contributed by atoms with Gasteiger partial charge in [0.05, 0.1) is 34.2 Å². The molecule has 3 aromatic rings. The summed E-state index contributed by atoms with van der Waals surface area (Å²) in [4.78, 5) is 6.09. The van der Waals surface area contributed by atoms with E-state index in [1.165, 1.54) is 40.6 Å². The Kier molecular flexibility index (Phi) is 6.02. The molecule has 4 rings (SSSR count). The fourth-order valence-electron chi connectivity index (χ4n) is 4.02. The van der Waals surface area contributed by atoms with E-state index >= 15 is 0 Å². The highest BCUT2D eigenvalue weighted by Gasteiger charge is 2.45. The maximum atomic E-state index is 10.5. The quantitative estimate of drug-likeness (QED) is 0.448. The average molecular weight is 467 g/mol. The van der Waals surface area contributed by atoms with Crippen LogP contribution in [0, 0.1) is 0 Å². The smallest absolute Gasteiger partial charge is 0.203 e. The lowest BCUT2D eigenvalue weighted by atomic mass is 9.81. The van der Waals surface area contributed by atoms with Crippen LogP contribution in [0.1, 0.15) is 23.1 Å². The second kappa shape index (κ2) is 8.93. The fraction of sp³-hybridized carbons (Fsp3) is 0.240. The highest BCUT2D eigenvalue weighted by atomic mass is 16.7. The Hall–Kier alpha value is -4.27. The summed E-state index contributed by atoms with van der Waals surface area (Å²) in [6, 6.07) is 12.9. The molecule has 1 aliphatic rings. The van der Waals surface area contributed by atoms with Crippen molar-refractivity contribution in [2.75, 3.05) is 28.4 Å². The standard InChI is InChI=1S/C25H25NO8/c1-30-21-8-6-15(10-20(21)29)25(16-11-22(31-2)24(33-4)23(12-16)32-3)13-17(26-34-25)14-5-7-18(27)19(28)9-14/h5-12,27-29H,13H2,1-4H3. The van der Waals surface area contributed by atoms with E-state index in [0.29, 0.717) is 45.4 Å². The number of methoxy groups -OCH3 is 4. The van der Waals surface area contributed by atoms with Crippen LogP contribution in [0.3, 0.4) is 0 Å². The van der Waals surface area contributed by atoms with Crippen molar-refractivity contribution in [1.29, 1.82) is 0 Å². The second-order valence-corrected chi connectivity index (χ2v) is 7.64. The molecule has 3 aromatic carbocycles. The van der Waals surface area contributed by atoms with E-state index in [-0.39, 0.29) is 23.7 Å². The molecule has 9 nitrogen and oxygen atoms in total. The van der Waals surface area contributed by atoms with Crippen LogP contribution in [0.15, 0.2) is 53.7 Å². The van der Waals surface area contributed by atoms with Gasteiger partial charge in [0.25, 0.3) is 0 Å². The van der Waals surface area contributed by atoms with Gasteiger partial charge in [-0.3, -0.25) is 0 Å². The van der Waals surface area contributed by atoms with Crippen LogP contribution in [0.5, 0.6) is 40.2 Å². The molecule has 0 aromatic heterocycles. The molecule has 0 aliphatic carbocycles. The monoisotopic (exact) mass is 467 g/mol. The Morgan fingerprint density at radius 1 is 0.706 bits per heavy atom. The van der Waals surface area contributed by atoms with Gasteiger partial charge in [-0.25, -0.2) is 0 Å². The Morgan fingerprint density at radius 2 is 1.38 bits per heavy atom. The number of phenols is 3. The van der Waals surface area contributed by atoms with E-state index in [9.17, 15) is 15.3 Å². The Labute approximate surface area is 196 Å². The molecule has 178 valence electrons. The molecular formula is C25H25NO8. The largest absolute Gasteiger partial charge is 0.504 e. The maximum absolute atomic E-state index is 10.5. The third kappa shape index (κ3) is 3.75. The average Bonchev–Trinajstić information content (AvgIpc) is 3.31. The van der Waals surface area contributed by atoms with Gasteiger partial charge < -0.3 is 39.1 Å². The Balaban J connectivity index is 1.89. The zero-order chi connectivity index (χ0) is 24.5. The van der Waals surface area contributed by atoms with Crippen molar-refractivity contribution in [3.8, 4) is 40.2 Å². The van der Waals surface area contributed by atoms with Crippen molar-refractivity contribution < 1.29 is 39.1 Å². The molecule has 34 heavy (non-hydrogen) atoms. The third-order valence-electron chi connectivity index (χ3n) is 5.81.